The van der Waals surface area contributed by atoms with E-state index in [0.717, 1.165) is 43.9 Å². The third-order valence-corrected chi connectivity index (χ3v) is 5.61. The van der Waals surface area contributed by atoms with Crippen LogP contribution in [0.1, 0.15) is 30.9 Å². The Morgan fingerprint density at radius 2 is 1.74 bits per heavy atom. The van der Waals surface area contributed by atoms with E-state index in [1.54, 1.807) is 4.90 Å². The summed E-state index contributed by atoms with van der Waals surface area (Å²) in [6.45, 7) is 4.43. The van der Waals surface area contributed by atoms with Crippen LogP contribution in [0.5, 0.6) is 0 Å². The highest BCUT2D eigenvalue weighted by atomic mass is 16.2. The predicted molar refractivity (Wildman–Crippen MR) is 107 cm³/mol. The average Bonchev–Trinajstić information content (AvgIpc) is 3.13. The number of fused-ring (bicyclic) bond motifs is 1. The van der Waals surface area contributed by atoms with Crippen LogP contribution in [0, 0.1) is 0 Å². The smallest absolute Gasteiger partial charge is 0.241 e. The van der Waals surface area contributed by atoms with Crippen LogP contribution < -0.4 is 10.2 Å². The first-order chi connectivity index (χ1) is 13.1. The van der Waals surface area contributed by atoms with Gasteiger partial charge in [-0.15, -0.1) is 0 Å². The summed E-state index contributed by atoms with van der Waals surface area (Å²) in [6, 6.07) is 15.8. The van der Waals surface area contributed by atoms with Crippen molar-refractivity contribution in [3.8, 4) is 0 Å². The van der Waals surface area contributed by atoms with Crippen LogP contribution in [0.3, 0.4) is 0 Å². The normalized spacial score (nSPS) is 18.3. The fourth-order valence-corrected chi connectivity index (χ4v) is 3.91. The summed E-state index contributed by atoms with van der Waals surface area (Å²) >= 11 is 0. The first kappa shape index (κ1) is 17.7. The fourth-order valence-electron chi connectivity index (χ4n) is 3.91. The maximum Gasteiger partial charge on any atom is 0.241 e. The molecule has 1 saturated heterocycles. The van der Waals surface area contributed by atoms with E-state index < -0.39 is 0 Å². The number of carbonyl (C=O) groups excluding carboxylic acids is 2. The van der Waals surface area contributed by atoms with E-state index in [4.69, 9.17) is 0 Å². The minimum absolute atomic E-state index is 0.000574. The molecule has 0 aliphatic carbocycles. The quantitative estimate of drug-likeness (QED) is 0.908. The van der Waals surface area contributed by atoms with Crippen LogP contribution in [0.2, 0.25) is 0 Å². The summed E-state index contributed by atoms with van der Waals surface area (Å²) in [4.78, 5) is 28.6. The maximum absolute atomic E-state index is 12.7. The molecule has 0 aromatic heterocycles. The SMILES string of the molecule is CC(C(=O)Nc1ccc(N2CCCC2=O)cc1)N1CCc2ccccc2C1. The van der Waals surface area contributed by atoms with E-state index >= 15 is 0 Å². The second kappa shape index (κ2) is 7.53. The number of amides is 2. The molecule has 27 heavy (non-hydrogen) atoms. The Morgan fingerprint density at radius 1 is 1.00 bits per heavy atom. The van der Waals surface area contributed by atoms with Gasteiger partial charge in [-0.3, -0.25) is 14.5 Å². The lowest BCUT2D eigenvalue weighted by Gasteiger charge is -2.32. The molecule has 5 heteroatoms. The van der Waals surface area contributed by atoms with Gasteiger partial charge < -0.3 is 10.2 Å². The van der Waals surface area contributed by atoms with Gasteiger partial charge in [0.05, 0.1) is 6.04 Å². The van der Waals surface area contributed by atoms with Crippen molar-refractivity contribution in [3.05, 3.63) is 59.7 Å². The van der Waals surface area contributed by atoms with Gasteiger partial charge in [0.2, 0.25) is 11.8 Å². The molecule has 2 aliphatic heterocycles. The van der Waals surface area contributed by atoms with Gasteiger partial charge >= 0.3 is 0 Å². The average molecular weight is 363 g/mol. The van der Waals surface area contributed by atoms with Crippen LogP contribution in [-0.4, -0.2) is 35.8 Å². The summed E-state index contributed by atoms with van der Waals surface area (Å²) < 4.78 is 0. The van der Waals surface area contributed by atoms with Crippen LogP contribution in [0.4, 0.5) is 11.4 Å². The lowest BCUT2D eigenvalue weighted by molar-refractivity contribution is -0.121. The Labute approximate surface area is 160 Å². The largest absolute Gasteiger partial charge is 0.325 e. The fraction of sp³-hybridized carbons (Fsp3) is 0.364. The molecule has 0 bridgehead atoms. The standard InChI is InChI=1S/C22H25N3O2/c1-16(24-14-12-17-5-2-3-6-18(17)15-24)22(27)23-19-8-10-20(11-9-19)25-13-4-7-21(25)26/h2-3,5-6,8-11,16H,4,7,12-15H2,1H3,(H,23,27). The molecule has 1 atom stereocenters. The summed E-state index contributed by atoms with van der Waals surface area (Å²) in [7, 11) is 0. The van der Waals surface area contributed by atoms with Crippen molar-refractivity contribution < 1.29 is 9.59 Å². The zero-order valence-electron chi connectivity index (χ0n) is 15.6. The van der Waals surface area contributed by atoms with Crippen LogP contribution in [0.25, 0.3) is 0 Å². The Bertz CT molecular complexity index is 847. The zero-order chi connectivity index (χ0) is 18.8. The molecule has 0 saturated carbocycles. The molecule has 1 N–H and O–H groups in total. The zero-order valence-corrected chi connectivity index (χ0v) is 15.6. The number of nitrogens with zero attached hydrogens (tertiary/aromatic N) is 2. The molecule has 4 rings (SSSR count). The number of rotatable bonds is 4. The van der Waals surface area contributed by atoms with E-state index in [9.17, 15) is 9.59 Å². The van der Waals surface area contributed by atoms with Crippen LogP contribution in [-0.2, 0) is 22.6 Å². The highest BCUT2D eigenvalue weighted by Gasteiger charge is 2.25. The number of anilines is 2. The van der Waals surface area contributed by atoms with Gasteiger partial charge in [-0.05, 0) is 55.2 Å². The summed E-state index contributed by atoms with van der Waals surface area (Å²) in [5.41, 5.74) is 4.35. The van der Waals surface area contributed by atoms with Crippen molar-refractivity contribution in [2.24, 2.45) is 0 Å². The second-order valence-electron chi connectivity index (χ2n) is 7.35. The number of hydrogen-bond donors (Lipinski definition) is 1. The van der Waals surface area contributed by atoms with Crippen LogP contribution in [0.15, 0.2) is 48.5 Å². The molecule has 2 amide bonds. The van der Waals surface area contributed by atoms with Crippen molar-refractivity contribution in [1.82, 2.24) is 4.90 Å². The van der Waals surface area contributed by atoms with E-state index in [0.29, 0.717) is 6.42 Å². The minimum Gasteiger partial charge on any atom is -0.325 e. The van der Waals surface area contributed by atoms with Crippen LogP contribution >= 0.6 is 0 Å². The summed E-state index contributed by atoms with van der Waals surface area (Å²) in [6.07, 6.45) is 2.51. The van der Waals surface area contributed by atoms with E-state index in [1.807, 2.05) is 31.2 Å². The summed E-state index contributed by atoms with van der Waals surface area (Å²) in [5.74, 6) is 0.171. The molecule has 2 aromatic carbocycles. The second-order valence-corrected chi connectivity index (χ2v) is 7.35. The molecule has 2 aliphatic rings. The highest BCUT2D eigenvalue weighted by molar-refractivity contribution is 5.97. The number of benzene rings is 2. The first-order valence-corrected chi connectivity index (χ1v) is 9.64. The van der Waals surface area contributed by atoms with Gasteiger partial charge in [0, 0.05) is 37.4 Å². The molecule has 1 unspecified atom stereocenters. The van der Waals surface area contributed by atoms with Gasteiger partial charge in [-0.2, -0.15) is 0 Å². The summed E-state index contributed by atoms with van der Waals surface area (Å²) in [5, 5.41) is 3.01. The van der Waals surface area contributed by atoms with E-state index in [-0.39, 0.29) is 17.9 Å². The van der Waals surface area contributed by atoms with Gasteiger partial charge in [0.15, 0.2) is 0 Å². The first-order valence-electron chi connectivity index (χ1n) is 9.64. The number of carbonyl (C=O) groups is 2. The number of nitrogens with one attached hydrogen (secondary N) is 1. The van der Waals surface area contributed by atoms with Crippen molar-refractivity contribution in [2.45, 2.75) is 38.8 Å². The van der Waals surface area contributed by atoms with Crippen molar-refractivity contribution in [2.75, 3.05) is 23.3 Å². The molecule has 1 fully saturated rings. The third-order valence-electron chi connectivity index (χ3n) is 5.61. The van der Waals surface area contributed by atoms with Gasteiger partial charge in [-0.25, -0.2) is 0 Å². The molecule has 0 spiro atoms. The minimum atomic E-state index is -0.196. The molecule has 2 aromatic rings. The Balaban J connectivity index is 1.38. The van der Waals surface area contributed by atoms with E-state index in [2.05, 4.69) is 34.5 Å². The van der Waals surface area contributed by atoms with Crippen molar-refractivity contribution in [1.29, 1.82) is 0 Å². The molecule has 0 radical (unpaired) electrons. The van der Waals surface area contributed by atoms with Gasteiger partial charge in [0.1, 0.15) is 0 Å². The van der Waals surface area contributed by atoms with Crippen molar-refractivity contribution in [3.63, 3.8) is 0 Å². The molecule has 5 nitrogen and oxygen atoms in total. The highest BCUT2D eigenvalue weighted by Crippen LogP contribution is 2.24. The number of hydrogen-bond acceptors (Lipinski definition) is 3. The van der Waals surface area contributed by atoms with E-state index in [1.165, 1.54) is 11.1 Å². The Hall–Kier alpha value is -2.66. The Morgan fingerprint density at radius 3 is 2.44 bits per heavy atom. The third kappa shape index (κ3) is 3.74. The van der Waals surface area contributed by atoms with Crippen molar-refractivity contribution >= 4 is 23.2 Å². The predicted octanol–water partition coefficient (Wildman–Crippen LogP) is 3.20. The van der Waals surface area contributed by atoms with Gasteiger partial charge in [0.25, 0.3) is 0 Å². The lowest BCUT2D eigenvalue weighted by atomic mass is 9.99. The Kier molecular flexibility index (Phi) is 4.94. The lowest BCUT2D eigenvalue weighted by Crippen LogP contribution is -2.44. The molecular weight excluding hydrogens is 338 g/mol. The topological polar surface area (TPSA) is 52.7 Å². The molecule has 140 valence electrons. The maximum atomic E-state index is 12.7. The van der Waals surface area contributed by atoms with Gasteiger partial charge in [-0.1, -0.05) is 24.3 Å². The monoisotopic (exact) mass is 363 g/mol. The molecule has 2 heterocycles. The molecular formula is C22H25N3O2.